The van der Waals surface area contributed by atoms with Gasteiger partial charge < -0.3 is 10.1 Å². The van der Waals surface area contributed by atoms with Crippen molar-refractivity contribution >= 4 is 0 Å². The lowest BCUT2D eigenvalue weighted by molar-refractivity contribution is 0.134. The summed E-state index contributed by atoms with van der Waals surface area (Å²) in [7, 11) is 1.80. The molecule has 2 heteroatoms. The van der Waals surface area contributed by atoms with Crippen molar-refractivity contribution in [3.63, 3.8) is 0 Å². The molecule has 20 heavy (non-hydrogen) atoms. The van der Waals surface area contributed by atoms with Crippen LogP contribution in [0, 0.1) is 5.92 Å². The molecule has 1 N–H and O–H groups in total. The molecule has 0 amide bonds. The van der Waals surface area contributed by atoms with Gasteiger partial charge in [0.1, 0.15) is 0 Å². The maximum absolute atomic E-state index is 5.33. The van der Waals surface area contributed by atoms with E-state index in [-0.39, 0.29) is 0 Å². The van der Waals surface area contributed by atoms with E-state index in [1.165, 1.54) is 31.2 Å². The Balaban J connectivity index is 1.82. The van der Waals surface area contributed by atoms with Crippen LogP contribution in [0.2, 0.25) is 0 Å². The van der Waals surface area contributed by atoms with Gasteiger partial charge in [0.05, 0.1) is 6.61 Å². The molecule has 0 spiro atoms. The van der Waals surface area contributed by atoms with Gasteiger partial charge >= 0.3 is 0 Å². The first-order valence-corrected chi connectivity index (χ1v) is 8.00. The lowest BCUT2D eigenvalue weighted by Crippen LogP contribution is -2.45. The fourth-order valence-corrected chi connectivity index (χ4v) is 3.23. The monoisotopic (exact) mass is 275 g/mol. The van der Waals surface area contributed by atoms with E-state index in [0.717, 1.165) is 12.5 Å². The molecule has 2 rings (SSSR count). The second kappa shape index (κ2) is 7.80. The number of ether oxygens (including phenoxy) is 1. The maximum atomic E-state index is 5.33. The fraction of sp³-hybridized carbons (Fsp3) is 0.667. The number of rotatable bonds is 6. The van der Waals surface area contributed by atoms with Crippen molar-refractivity contribution in [2.75, 3.05) is 13.7 Å². The highest BCUT2D eigenvalue weighted by molar-refractivity contribution is 5.20. The van der Waals surface area contributed by atoms with E-state index in [4.69, 9.17) is 4.74 Å². The minimum absolute atomic E-state index is 0.485. The van der Waals surface area contributed by atoms with Crippen LogP contribution in [0.1, 0.15) is 51.0 Å². The van der Waals surface area contributed by atoms with Gasteiger partial charge in [-0.3, -0.25) is 0 Å². The minimum Gasteiger partial charge on any atom is -0.383 e. The van der Waals surface area contributed by atoms with Crippen LogP contribution >= 0.6 is 0 Å². The first kappa shape index (κ1) is 15.5. The van der Waals surface area contributed by atoms with Crippen molar-refractivity contribution < 1.29 is 4.74 Å². The van der Waals surface area contributed by atoms with Crippen LogP contribution in [0.3, 0.4) is 0 Å². The fourth-order valence-electron chi connectivity index (χ4n) is 3.23. The Morgan fingerprint density at radius 3 is 2.30 bits per heavy atom. The van der Waals surface area contributed by atoms with Crippen molar-refractivity contribution in [1.29, 1.82) is 0 Å². The van der Waals surface area contributed by atoms with E-state index in [0.29, 0.717) is 18.0 Å². The Kier molecular flexibility index (Phi) is 6.06. The van der Waals surface area contributed by atoms with Crippen LogP contribution in [0.5, 0.6) is 0 Å². The summed E-state index contributed by atoms with van der Waals surface area (Å²) < 4.78 is 5.33. The molecule has 0 bridgehead atoms. The molecule has 1 fully saturated rings. The summed E-state index contributed by atoms with van der Waals surface area (Å²) in [6.45, 7) is 5.36. The van der Waals surface area contributed by atoms with Crippen LogP contribution < -0.4 is 5.32 Å². The van der Waals surface area contributed by atoms with Crippen molar-refractivity contribution in [3.05, 3.63) is 35.9 Å². The highest BCUT2D eigenvalue weighted by atomic mass is 16.5. The van der Waals surface area contributed by atoms with Gasteiger partial charge in [-0.15, -0.1) is 0 Å². The molecule has 0 radical (unpaired) electrons. The summed E-state index contributed by atoms with van der Waals surface area (Å²) in [5.74, 6) is 1.39. The topological polar surface area (TPSA) is 21.3 Å². The number of methoxy groups -OCH3 is 1. The molecule has 1 atom stereocenters. The molecular formula is C18H29NO. The molecule has 1 unspecified atom stereocenters. The average Bonchev–Trinajstić information content (AvgIpc) is 2.48. The second-order valence-electron chi connectivity index (χ2n) is 6.43. The summed E-state index contributed by atoms with van der Waals surface area (Å²) in [6.07, 6.45) is 5.18. The molecule has 112 valence electrons. The van der Waals surface area contributed by atoms with Gasteiger partial charge in [-0.1, -0.05) is 44.2 Å². The van der Waals surface area contributed by atoms with Crippen molar-refractivity contribution in [2.45, 2.75) is 57.5 Å². The van der Waals surface area contributed by atoms with E-state index in [1.54, 1.807) is 7.11 Å². The highest BCUT2D eigenvalue weighted by Crippen LogP contribution is 2.33. The van der Waals surface area contributed by atoms with Crippen molar-refractivity contribution in [2.24, 2.45) is 5.92 Å². The second-order valence-corrected chi connectivity index (χ2v) is 6.43. The van der Waals surface area contributed by atoms with E-state index >= 15 is 0 Å². The summed E-state index contributed by atoms with van der Waals surface area (Å²) in [4.78, 5) is 0. The largest absolute Gasteiger partial charge is 0.383 e. The first-order chi connectivity index (χ1) is 9.70. The molecule has 1 saturated carbocycles. The number of hydrogen-bond acceptors (Lipinski definition) is 2. The van der Waals surface area contributed by atoms with Gasteiger partial charge in [-0.25, -0.2) is 0 Å². The zero-order valence-corrected chi connectivity index (χ0v) is 13.1. The van der Waals surface area contributed by atoms with Crippen LogP contribution in [-0.2, 0) is 4.74 Å². The van der Waals surface area contributed by atoms with Crippen LogP contribution in [0.4, 0.5) is 0 Å². The van der Waals surface area contributed by atoms with Gasteiger partial charge in [0, 0.05) is 19.2 Å². The van der Waals surface area contributed by atoms with Crippen molar-refractivity contribution in [1.82, 2.24) is 5.32 Å². The Morgan fingerprint density at radius 2 is 1.75 bits per heavy atom. The summed E-state index contributed by atoms with van der Waals surface area (Å²) in [6, 6.07) is 12.1. The molecule has 0 aromatic heterocycles. The summed E-state index contributed by atoms with van der Waals surface area (Å²) in [5.41, 5.74) is 1.52. The third-order valence-electron chi connectivity index (χ3n) is 4.60. The molecule has 0 saturated heterocycles. The summed E-state index contributed by atoms with van der Waals surface area (Å²) >= 11 is 0. The van der Waals surface area contributed by atoms with E-state index in [2.05, 4.69) is 49.5 Å². The molecule has 1 aliphatic carbocycles. The van der Waals surface area contributed by atoms with Gasteiger partial charge in [0.2, 0.25) is 0 Å². The quantitative estimate of drug-likeness (QED) is 0.848. The number of nitrogens with one attached hydrogen (secondary N) is 1. The van der Waals surface area contributed by atoms with Gasteiger partial charge in [0.25, 0.3) is 0 Å². The smallest absolute Gasteiger partial charge is 0.0618 e. The molecular weight excluding hydrogens is 246 g/mol. The van der Waals surface area contributed by atoms with Crippen LogP contribution in [0.15, 0.2) is 30.3 Å². The lowest BCUT2D eigenvalue weighted by atomic mass is 9.81. The zero-order valence-electron chi connectivity index (χ0n) is 13.1. The third-order valence-corrected chi connectivity index (χ3v) is 4.60. The Hall–Kier alpha value is -0.860. The van der Waals surface area contributed by atoms with Gasteiger partial charge in [0.15, 0.2) is 0 Å². The molecule has 2 nitrogen and oxygen atoms in total. The zero-order chi connectivity index (χ0) is 14.4. The predicted molar refractivity (Wildman–Crippen MR) is 85.1 cm³/mol. The number of benzene rings is 1. The molecule has 0 aliphatic heterocycles. The van der Waals surface area contributed by atoms with E-state index < -0.39 is 0 Å². The van der Waals surface area contributed by atoms with Gasteiger partial charge in [-0.2, -0.15) is 0 Å². The maximum Gasteiger partial charge on any atom is 0.0618 e. The van der Waals surface area contributed by atoms with Gasteiger partial charge in [-0.05, 0) is 43.1 Å². The highest BCUT2D eigenvalue weighted by Gasteiger charge is 2.24. The third kappa shape index (κ3) is 4.32. The van der Waals surface area contributed by atoms with E-state index in [1.807, 2.05) is 0 Å². The predicted octanol–water partition coefficient (Wildman–Crippen LogP) is 3.97. The Labute approximate surface area is 123 Å². The van der Waals surface area contributed by atoms with Crippen LogP contribution in [-0.4, -0.2) is 25.8 Å². The SMILES string of the molecule is COCC(NC1CCC(c2ccccc2)CC1)C(C)C. The lowest BCUT2D eigenvalue weighted by Gasteiger charge is -2.33. The molecule has 1 aromatic carbocycles. The molecule has 0 heterocycles. The number of hydrogen-bond donors (Lipinski definition) is 1. The summed E-state index contributed by atoms with van der Waals surface area (Å²) in [5, 5.41) is 3.80. The normalized spacial score (nSPS) is 24.8. The first-order valence-electron chi connectivity index (χ1n) is 8.00. The molecule has 1 aliphatic rings. The van der Waals surface area contributed by atoms with E-state index in [9.17, 15) is 0 Å². The van der Waals surface area contributed by atoms with Crippen LogP contribution in [0.25, 0.3) is 0 Å². The average molecular weight is 275 g/mol. The standard InChI is InChI=1S/C18H29NO/c1-14(2)18(13-20-3)19-17-11-9-16(10-12-17)15-7-5-4-6-8-15/h4-8,14,16-19H,9-13H2,1-3H3. The minimum atomic E-state index is 0.485. The Bertz CT molecular complexity index is 368. The van der Waals surface area contributed by atoms with Crippen molar-refractivity contribution in [3.8, 4) is 0 Å². The Morgan fingerprint density at radius 1 is 1.10 bits per heavy atom. The molecule has 1 aromatic rings.